The van der Waals surface area contributed by atoms with Crippen LogP contribution in [0.1, 0.15) is 23.0 Å². The Kier molecular flexibility index (Phi) is 3.93. The van der Waals surface area contributed by atoms with E-state index >= 15 is 0 Å². The van der Waals surface area contributed by atoms with Crippen molar-refractivity contribution in [3.63, 3.8) is 0 Å². The Morgan fingerprint density at radius 2 is 2.00 bits per heavy atom. The van der Waals surface area contributed by atoms with Gasteiger partial charge in [-0.2, -0.15) is 0 Å². The number of rotatable bonds is 4. The zero-order valence-corrected chi connectivity index (χ0v) is 11.5. The molecule has 7 nitrogen and oxygen atoms in total. The molecule has 2 rings (SSSR count). The van der Waals surface area contributed by atoms with Crippen LogP contribution in [0.5, 0.6) is 5.75 Å². The molecule has 0 aliphatic heterocycles. The Morgan fingerprint density at radius 3 is 2.52 bits per heavy atom. The fraction of sp³-hybridized carbons (Fsp3) is 0.214. The number of aromatic nitrogens is 1. The van der Waals surface area contributed by atoms with Gasteiger partial charge in [-0.15, -0.1) is 0 Å². The van der Waals surface area contributed by atoms with Crippen molar-refractivity contribution in [3.8, 4) is 17.0 Å². The zero-order valence-electron chi connectivity index (χ0n) is 11.5. The summed E-state index contributed by atoms with van der Waals surface area (Å²) in [5.41, 5.74) is 1.36. The van der Waals surface area contributed by atoms with Crippen molar-refractivity contribution < 1.29 is 19.6 Å². The third-order valence-electron chi connectivity index (χ3n) is 3.01. The maximum Gasteiger partial charge on any atom is 0.343 e. The smallest absolute Gasteiger partial charge is 0.343 e. The molecule has 7 heteroatoms. The van der Waals surface area contributed by atoms with Crippen LogP contribution >= 0.6 is 0 Å². The predicted octanol–water partition coefficient (Wildman–Crippen LogP) is 2.78. The number of aromatic amines is 1. The van der Waals surface area contributed by atoms with Crippen LogP contribution in [0.2, 0.25) is 0 Å². The van der Waals surface area contributed by atoms with Crippen molar-refractivity contribution in [1.82, 2.24) is 4.98 Å². The first kappa shape index (κ1) is 14.6. The summed E-state index contributed by atoms with van der Waals surface area (Å²) in [4.78, 5) is 24.8. The van der Waals surface area contributed by atoms with Crippen molar-refractivity contribution in [3.05, 3.63) is 45.6 Å². The molecule has 110 valence electrons. The molecule has 0 aliphatic rings. The number of esters is 1. The van der Waals surface area contributed by atoms with Gasteiger partial charge in [-0.05, 0) is 26.0 Å². The molecule has 2 N–H and O–H groups in total. The molecule has 0 saturated carbocycles. The van der Waals surface area contributed by atoms with Gasteiger partial charge in [0.1, 0.15) is 5.56 Å². The number of benzene rings is 1. The molecule has 0 atom stereocenters. The highest BCUT2D eigenvalue weighted by molar-refractivity contribution is 5.96. The van der Waals surface area contributed by atoms with Gasteiger partial charge in [-0.3, -0.25) is 10.1 Å². The van der Waals surface area contributed by atoms with E-state index in [1.807, 2.05) is 0 Å². The van der Waals surface area contributed by atoms with E-state index in [0.29, 0.717) is 17.0 Å². The largest absolute Gasteiger partial charge is 0.505 e. The lowest BCUT2D eigenvalue weighted by molar-refractivity contribution is -0.384. The van der Waals surface area contributed by atoms with Gasteiger partial charge in [0.15, 0.2) is 5.75 Å². The minimum Gasteiger partial charge on any atom is -0.505 e. The van der Waals surface area contributed by atoms with Crippen LogP contribution in [0.25, 0.3) is 11.3 Å². The van der Waals surface area contributed by atoms with Gasteiger partial charge in [-0.1, -0.05) is 0 Å². The molecule has 21 heavy (non-hydrogen) atoms. The molecule has 0 amide bonds. The number of hydrogen-bond donors (Lipinski definition) is 2. The number of nitrogens with one attached hydrogen (secondary N) is 1. The topological polar surface area (TPSA) is 105 Å². The number of non-ortho nitro benzene ring substituents is 1. The first-order valence-corrected chi connectivity index (χ1v) is 6.29. The Morgan fingerprint density at radius 1 is 1.38 bits per heavy atom. The van der Waals surface area contributed by atoms with Gasteiger partial charge in [-0.25, -0.2) is 4.79 Å². The third kappa shape index (κ3) is 2.71. The zero-order chi connectivity index (χ0) is 15.6. The molecule has 0 bridgehead atoms. The number of aromatic hydroxyl groups is 1. The van der Waals surface area contributed by atoms with Gasteiger partial charge in [0, 0.05) is 23.4 Å². The number of H-pyrrole nitrogens is 1. The second-order valence-electron chi connectivity index (χ2n) is 4.37. The molecule has 0 fully saturated rings. The summed E-state index contributed by atoms with van der Waals surface area (Å²) in [5, 5.41) is 20.8. The normalized spacial score (nSPS) is 10.4. The molecule has 0 unspecified atom stereocenters. The van der Waals surface area contributed by atoms with E-state index in [2.05, 4.69) is 4.98 Å². The van der Waals surface area contributed by atoms with Crippen LogP contribution in [0, 0.1) is 17.0 Å². The summed E-state index contributed by atoms with van der Waals surface area (Å²) in [6.45, 7) is 3.52. The molecule has 0 aliphatic carbocycles. The Labute approximate surface area is 120 Å². The standard InChI is InChI=1S/C14H14N2O5/c1-3-21-14(18)11-8(2)15-12(13(11)17)9-4-6-10(7-5-9)16(19)20/h4-7,15,17H,3H2,1-2H3. The van der Waals surface area contributed by atoms with E-state index in [4.69, 9.17) is 4.74 Å². The van der Waals surface area contributed by atoms with Crippen LogP contribution in [-0.2, 0) is 4.74 Å². The van der Waals surface area contributed by atoms with E-state index in [9.17, 15) is 20.0 Å². The van der Waals surface area contributed by atoms with E-state index in [-0.39, 0.29) is 23.6 Å². The predicted molar refractivity (Wildman–Crippen MR) is 75.2 cm³/mol. The maximum absolute atomic E-state index is 11.8. The lowest BCUT2D eigenvalue weighted by atomic mass is 10.1. The Bertz CT molecular complexity index is 688. The molecule has 0 saturated heterocycles. The fourth-order valence-electron chi connectivity index (χ4n) is 2.02. The molecule has 2 aromatic rings. The molecule has 1 aromatic heterocycles. The third-order valence-corrected chi connectivity index (χ3v) is 3.01. The van der Waals surface area contributed by atoms with Crippen LogP contribution in [0.4, 0.5) is 5.69 Å². The average Bonchev–Trinajstić information content (AvgIpc) is 2.74. The van der Waals surface area contributed by atoms with Crippen LogP contribution in [0.15, 0.2) is 24.3 Å². The number of hydrogen-bond acceptors (Lipinski definition) is 5. The maximum atomic E-state index is 11.8. The number of carbonyl (C=O) groups is 1. The highest BCUT2D eigenvalue weighted by Crippen LogP contribution is 2.35. The van der Waals surface area contributed by atoms with Gasteiger partial charge in [0.05, 0.1) is 17.2 Å². The van der Waals surface area contributed by atoms with E-state index in [1.165, 1.54) is 24.3 Å². The molecular weight excluding hydrogens is 276 g/mol. The molecule has 0 spiro atoms. The number of aryl methyl sites for hydroxylation is 1. The van der Waals surface area contributed by atoms with E-state index in [1.54, 1.807) is 13.8 Å². The molecule has 1 aromatic carbocycles. The van der Waals surface area contributed by atoms with Gasteiger partial charge in [0.25, 0.3) is 5.69 Å². The summed E-state index contributed by atoms with van der Waals surface area (Å²) in [5.74, 6) is -0.836. The monoisotopic (exact) mass is 290 g/mol. The highest BCUT2D eigenvalue weighted by Gasteiger charge is 2.22. The highest BCUT2D eigenvalue weighted by atomic mass is 16.6. The van der Waals surface area contributed by atoms with Crippen LogP contribution < -0.4 is 0 Å². The lowest BCUT2D eigenvalue weighted by Crippen LogP contribution is -2.05. The number of nitro groups is 1. The van der Waals surface area contributed by atoms with E-state index < -0.39 is 10.9 Å². The molecule has 0 radical (unpaired) electrons. The van der Waals surface area contributed by atoms with Crippen molar-refractivity contribution in [1.29, 1.82) is 0 Å². The molecular formula is C14H14N2O5. The minimum absolute atomic E-state index is 0.0489. The van der Waals surface area contributed by atoms with Gasteiger partial charge in [0.2, 0.25) is 0 Å². The summed E-state index contributed by atoms with van der Waals surface area (Å²) < 4.78 is 4.88. The van der Waals surface area contributed by atoms with Gasteiger partial charge >= 0.3 is 5.97 Å². The van der Waals surface area contributed by atoms with E-state index in [0.717, 1.165) is 0 Å². The van der Waals surface area contributed by atoms with Crippen molar-refractivity contribution in [2.75, 3.05) is 6.61 Å². The quantitative estimate of drug-likeness (QED) is 0.511. The first-order valence-electron chi connectivity index (χ1n) is 6.29. The number of nitro benzene ring substituents is 1. The lowest BCUT2D eigenvalue weighted by Gasteiger charge is -2.02. The fourth-order valence-corrected chi connectivity index (χ4v) is 2.02. The summed E-state index contributed by atoms with van der Waals surface area (Å²) in [6.07, 6.45) is 0. The van der Waals surface area contributed by atoms with Crippen molar-refractivity contribution in [2.24, 2.45) is 0 Å². The summed E-state index contributed by atoms with van der Waals surface area (Å²) in [7, 11) is 0. The van der Waals surface area contributed by atoms with Crippen molar-refractivity contribution in [2.45, 2.75) is 13.8 Å². The second-order valence-corrected chi connectivity index (χ2v) is 4.37. The minimum atomic E-state index is -0.614. The SMILES string of the molecule is CCOC(=O)c1c(C)[nH]c(-c2ccc([N+](=O)[O-])cc2)c1O. The van der Waals surface area contributed by atoms with Crippen LogP contribution in [-0.4, -0.2) is 27.6 Å². The average molecular weight is 290 g/mol. The second kappa shape index (κ2) is 5.66. The van der Waals surface area contributed by atoms with Crippen LogP contribution in [0.3, 0.4) is 0 Å². The number of ether oxygens (including phenoxy) is 1. The Hall–Kier alpha value is -2.83. The number of carbonyl (C=O) groups excluding carboxylic acids is 1. The van der Waals surface area contributed by atoms with Crippen molar-refractivity contribution >= 4 is 11.7 Å². The Balaban J connectivity index is 2.43. The summed E-state index contributed by atoms with van der Waals surface area (Å²) in [6, 6.07) is 5.65. The summed E-state index contributed by atoms with van der Waals surface area (Å²) >= 11 is 0. The number of nitrogens with zero attached hydrogens (tertiary/aromatic N) is 1. The first-order chi connectivity index (χ1) is 9.95. The molecule has 1 heterocycles. The van der Waals surface area contributed by atoms with Gasteiger partial charge < -0.3 is 14.8 Å².